The number of H-pyrrole nitrogens is 1. The molecule has 2 aromatic heterocycles. The van der Waals surface area contributed by atoms with E-state index >= 15 is 0 Å². The van der Waals surface area contributed by atoms with Gasteiger partial charge in [0.1, 0.15) is 17.2 Å². The van der Waals surface area contributed by atoms with Crippen molar-refractivity contribution >= 4 is 28.7 Å². The van der Waals surface area contributed by atoms with Gasteiger partial charge in [0.05, 0.1) is 10.6 Å². The maximum atomic E-state index is 14.2. The third-order valence-corrected chi connectivity index (χ3v) is 3.51. The van der Waals surface area contributed by atoms with Crippen LogP contribution >= 0.6 is 11.6 Å². The van der Waals surface area contributed by atoms with Gasteiger partial charge in [-0.05, 0) is 12.1 Å². The number of nitrogens with zero attached hydrogens (tertiary/aromatic N) is 2. The monoisotopic (exact) mass is 351 g/mol. The first kappa shape index (κ1) is 16.0. The van der Waals surface area contributed by atoms with Crippen molar-refractivity contribution in [1.82, 2.24) is 15.0 Å². The number of carbonyl (C=O) groups excluding carboxylic acids is 1. The summed E-state index contributed by atoms with van der Waals surface area (Å²) in [6.45, 7) is 1.09. The summed E-state index contributed by atoms with van der Waals surface area (Å²) in [5, 5.41) is -0.614. The lowest BCUT2D eigenvalue weighted by molar-refractivity contribution is -0.131. The Balaban J connectivity index is 2.49. The second-order valence-electron chi connectivity index (χ2n) is 4.72. The Morgan fingerprint density at radius 2 is 1.83 bits per heavy atom. The molecule has 9 heteroatoms. The van der Waals surface area contributed by atoms with Gasteiger partial charge in [0, 0.05) is 24.9 Å². The summed E-state index contributed by atoms with van der Waals surface area (Å²) in [5.41, 5.74) is -1.80. The van der Waals surface area contributed by atoms with Crippen molar-refractivity contribution < 1.29 is 18.3 Å². The molecule has 122 valence electrons. The van der Waals surface area contributed by atoms with Gasteiger partial charge in [-0.2, -0.15) is 0 Å². The molecule has 1 N–H and O–H groups in total. The minimum atomic E-state index is -0.955. The van der Waals surface area contributed by atoms with Gasteiger partial charge in [0.2, 0.25) is 0 Å². The van der Waals surface area contributed by atoms with Crippen molar-refractivity contribution in [3.8, 4) is 16.9 Å². The van der Waals surface area contributed by atoms with Crippen molar-refractivity contribution in [3.63, 3.8) is 0 Å². The molecule has 0 aliphatic rings. The van der Waals surface area contributed by atoms with Crippen molar-refractivity contribution in [2.75, 3.05) is 0 Å². The predicted molar refractivity (Wildman–Crippen MR) is 81.8 cm³/mol. The standard InChI is InChI=1S/C15H8ClF2N3O3/c1-6(22)24-13-10(9-7(17)2-3-8(18)11(9)16)15(23)21-14-12(13)19-4-5-20-14/h2-5H,1H3,(H,20,21,23). The fourth-order valence-electron chi connectivity index (χ4n) is 2.21. The first-order valence-electron chi connectivity index (χ1n) is 6.59. The first-order chi connectivity index (χ1) is 11.4. The van der Waals surface area contributed by atoms with Gasteiger partial charge in [0.15, 0.2) is 11.4 Å². The van der Waals surface area contributed by atoms with E-state index in [9.17, 15) is 18.4 Å². The van der Waals surface area contributed by atoms with Gasteiger partial charge in [-0.15, -0.1) is 0 Å². The molecule has 0 atom stereocenters. The Bertz CT molecular complexity index is 1040. The van der Waals surface area contributed by atoms with E-state index in [-0.39, 0.29) is 16.9 Å². The minimum absolute atomic E-state index is 0.00188. The number of halogens is 3. The Labute approximate surface area is 138 Å². The van der Waals surface area contributed by atoms with Crippen LogP contribution in [-0.2, 0) is 4.79 Å². The smallest absolute Gasteiger partial charge is 0.308 e. The summed E-state index contributed by atoms with van der Waals surface area (Å²) in [7, 11) is 0. The van der Waals surface area contributed by atoms with E-state index < -0.39 is 39.3 Å². The number of esters is 1. The van der Waals surface area contributed by atoms with Crippen LogP contribution in [0, 0.1) is 11.6 Å². The minimum Gasteiger partial charge on any atom is -0.423 e. The number of aromatic amines is 1. The Kier molecular flexibility index (Phi) is 3.98. The average Bonchev–Trinajstić information content (AvgIpc) is 2.53. The van der Waals surface area contributed by atoms with Crippen LogP contribution in [0.2, 0.25) is 5.02 Å². The van der Waals surface area contributed by atoms with E-state index in [0.29, 0.717) is 0 Å². The van der Waals surface area contributed by atoms with Crippen LogP contribution in [-0.4, -0.2) is 20.9 Å². The zero-order chi connectivity index (χ0) is 17.4. The molecule has 0 aliphatic heterocycles. The molecule has 6 nitrogen and oxygen atoms in total. The molecule has 24 heavy (non-hydrogen) atoms. The Hall–Kier alpha value is -2.87. The molecule has 0 spiro atoms. The molecule has 3 rings (SSSR count). The quantitative estimate of drug-likeness (QED) is 0.567. The van der Waals surface area contributed by atoms with Crippen molar-refractivity contribution in [2.45, 2.75) is 6.92 Å². The SMILES string of the molecule is CC(=O)Oc1c(-c2c(F)ccc(F)c2Cl)c(=O)[nH]c2nccnc12. The fourth-order valence-corrected chi connectivity index (χ4v) is 2.46. The number of benzene rings is 1. The highest BCUT2D eigenvalue weighted by Gasteiger charge is 2.25. The maximum absolute atomic E-state index is 14.2. The van der Waals surface area contributed by atoms with E-state index in [1.54, 1.807) is 0 Å². The summed E-state index contributed by atoms with van der Waals surface area (Å²) in [4.78, 5) is 34.0. The van der Waals surface area contributed by atoms with Crippen molar-refractivity contribution in [3.05, 3.63) is 51.5 Å². The van der Waals surface area contributed by atoms with Crippen LogP contribution in [0.15, 0.2) is 29.3 Å². The molecule has 0 radical (unpaired) electrons. The third-order valence-electron chi connectivity index (χ3n) is 3.14. The molecule has 0 amide bonds. The molecule has 2 heterocycles. The van der Waals surface area contributed by atoms with Gasteiger partial charge < -0.3 is 9.72 Å². The molecular weight excluding hydrogens is 344 g/mol. The molecule has 0 fully saturated rings. The number of hydrogen-bond acceptors (Lipinski definition) is 5. The highest BCUT2D eigenvalue weighted by atomic mass is 35.5. The average molecular weight is 352 g/mol. The largest absolute Gasteiger partial charge is 0.423 e. The van der Waals surface area contributed by atoms with Gasteiger partial charge in [-0.25, -0.2) is 18.7 Å². The normalized spacial score (nSPS) is 10.8. The van der Waals surface area contributed by atoms with E-state index in [4.69, 9.17) is 16.3 Å². The van der Waals surface area contributed by atoms with Crippen LogP contribution in [0.4, 0.5) is 8.78 Å². The molecular formula is C15H8ClF2N3O3. The van der Waals surface area contributed by atoms with Gasteiger partial charge in [0.25, 0.3) is 5.56 Å². The van der Waals surface area contributed by atoms with Crippen LogP contribution in [0.1, 0.15) is 6.92 Å². The summed E-state index contributed by atoms with van der Waals surface area (Å²) in [6.07, 6.45) is 2.60. The Morgan fingerprint density at radius 1 is 1.17 bits per heavy atom. The lowest BCUT2D eigenvalue weighted by Crippen LogP contribution is -2.16. The number of fused-ring (bicyclic) bond motifs is 1. The lowest BCUT2D eigenvalue weighted by atomic mass is 10.0. The number of rotatable bonds is 2. The van der Waals surface area contributed by atoms with Crippen LogP contribution in [0.25, 0.3) is 22.3 Å². The molecule has 0 bridgehead atoms. The van der Waals surface area contributed by atoms with Gasteiger partial charge in [-0.1, -0.05) is 11.6 Å². The predicted octanol–water partition coefficient (Wildman–Crippen LogP) is 2.84. The van der Waals surface area contributed by atoms with E-state index in [1.807, 2.05) is 0 Å². The van der Waals surface area contributed by atoms with Crippen LogP contribution in [0.3, 0.4) is 0 Å². The zero-order valence-electron chi connectivity index (χ0n) is 12.1. The third kappa shape index (κ3) is 2.61. The number of ether oxygens (including phenoxy) is 1. The molecule has 0 saturated carbocycles. The lowest BCUT2D eigenvalue weighted by Gasteiger charge is -2.12. The summed E-state index contributed by atoms with van der Waals surface area (Å²) in [5.74, 6) is -3.01. The molecule has 0 saturated heterocycles. The second kappa shape index (κ2) is 5.97. The number of pyridine rings is 1. The van der Waals surface area contributed by atoms with Crippen molar-refractivity contribution in [1.29, 1.82) is 0 Å². The molecule has 1 aromatic carbocycles. The van der Waals surface area contributed by atoms with E-state index in [0.717, 1.165) is 19.1 Å². The zero-order valence-corrected chi connectivity index (χ0v) is 12.8. The van der Waals surface area contributed by atoms with Gasteiger partial charge in [-0.3, -0.25) is 9.59 Å². The second-order valence-corrected chi connectivity index (χ2v) is 5.10. The van der Waals surface area contributed by atoms with Gasteiger partial charge >= 0.3 is 5.97 Å². The number of nitrogens with one attached hydrogen (secondary N) is 1. The number of hydrogen-bond donors (Lipinski definition) is 1. The molecule has 3 aromatic rings. The molecule has 0 aliphatic carbocycles. The topological polar surface area (TPSA) is 84.9 Å². The highest BCUT2D eigenvalue weighted by molar-refractivity contribution is 6.33. The maximum Gasteiger partial charge on any atom is 0.308 e. The molecule has 0 unspecified atom stereocenters. The van der Waals surface area contributed by atoms with Crippen LogP contribution in [0.5, 0.6) is 5.75 Å². The van der Waals surface area contributed by atoms with Crippen molar-refractivity contribution in [2.24, 2.45) is 0 Å². The number of aromatic nitrogens is 3. The number of carbonyl (C=O) groups is 1. The van der Waals surface area contributed by atoms with Crippen LogP contribution < -0.4 is 10.3 Å². The summed E-state index contributed by atoms with van der Waals surface area (Å²) < 4.78 is 33.0. The summed E-state index contributed by atoms with van der Waals surface area (Å²) in [6, 6.07) is 1.64. The fraction of sp³-hybridized carbons (Fsp3) is 0.0667. The summed E-state index contributed by atoms with van der Waals surface area (Å²) >= 11 is 5.82. The van der Waals surface area contributed by atoms with E-state index in [1.165, 1.54) is 12.4 Å². The Morgan fingerprint density at radius 3 is 2.54 bits per heavy atom. The first-order valence-corrected chi connectivity index (χ1v) is 6.97. The highest BCUT2D eigenvalue weighted by Crippen LogP contribution is 2.38. The van der Waals surface area contributed by atoms with E-state index in [2.05, 4.69) is 15.0 Å².